The molecule has 1 amide bonds. The minimum atomic E-state index is -0.966. The normalized spacial score (nSPS) is 10.2. The summed E-state index contributed by atoms with van der Waals surface area (Å²) in [5.74, 6) is -0.439. The smallest absolute Gasteiger partial charge is 0.413 e. The fourth-order valence-electron chi connectivity index (χ4n) is 1.00. The van der Waals surface area contributed by atoms with Crippen molar-refractivity contribution in [2.75, 3.05) is 5.32 Å². The maximum absolute atomic E-state index is 11.2. The van der Waals surface area contributed by atoms with Gasteiger partial charge in [-0.25, -0.2) is 19.6 Å². The van der Waals surface area contributed by atoms with Crippen molar-refractivity contribution in [1.29, 1.82) is 0 Å². The number of aromatic carboxylic acids is 1. The number of aromatic nitrogens is 2. The standard InChI is InChI=1S/C8H12N2O2S.C4H3NO2S/c1-8(2,3)12-7(11)10-6-4-13-5-9-6;6-4(7)3-1-8-2-5-3/h4-5H,1-3H3,(H,10,11);1-2H,(H,6,7). The minimum Gasteiger partial charge on any atom is -0.476 e. The number of nitrogens with zero attached hydrogens (tertiary/aromatic N) is 2. The number of amides is 1. The summed E-state index contributed by atoms with van der Waals surface area (Å²) in [7, 11) is 0. The molecule has 0 radical (unpaired) electrons. The van der Waals surface area contributed by atoms with Crippen LogP contribution in [0.3, 0.4) is 0 Å². The lowest BCUT2D eigenvalue weighted by Crippen LogP contribution is -2.27. The summed E-state index contributed by atoms with van der Waals surface area (Å²) < 4.78 is 5.03. The number of carboxylic acids is 1. The van der Waals surface area contributed by atoms with Crippen LogP contribution in [0.25, 0.3) is 0 Å². The quantitative estimate of drug-likeness (QED) is 0.876. The van der Waals surface area contributed by atoms with E-state index in [-0.39, 0.29) is 5.69 Å². The van der Waals surface area contributed by atoms with E-state index in [9.17, 15) is 9.59 Å². The van der Waals surface area contributed by atoms with Gasteiger partial charge in [0, 0.05) is 10.8 Å². The third kappa shape index (κ3) is 7.37. The first-order valence-electron chi connectivity index (χ1n) is 5.77. The van der Waals surface area contributed by atoms with Crippen molar-refractivity contribution in [3.05, 3.63) is 27.5 Å². The summed E-state index contributed by atoms with van der Waals surface area (Å²) in [6.07, 6.45) is -0.474. The molecule has 0 saturated carbocycles. The third-order valence-corrected chi connectivity index (χ3v) is 2.89. The van der Waals surface area contributed by atoms with Crippen LogP contribution < -0.4 is 5.32 Å². The fourth-order valence-corrected chi connectivity index (χ4v) is 2.01. The predicted molar refractivity (Wildman–Crippen MR) is 81.0 cm³/mol. The lowest BCUT2D eigenvalue weighted by atomic mass is 10.2. The molecule has 0 aliphatic carbocycles. The summed E-state index contributed by atoms with van der Waals surface area (Å²) in [6.45, 7) is 5.44. The highest BCUT2D eigenvalue weighted by Crippen LogP contribution is 2.11. The van der Waals surface area contributed by atoms with Crippen LogP contribution in [0.5, 0.6) is 0 Å². The zero-order valence-electron chi connectivity index (χ0n) is 11.7. The molecule has 21 heavy (non-hydrogen) atoms. The van der Waals surface area contributed by atoms with Gasteiger partial charge >= 0.3 is 12.1 Å². The molecule has 0 spiro atoms. The Balaban J connectivity index is 0.000000235. The van der Waals surface area contributed by atoms with Gasteiger partial charge < -0.3 is 9.84 Å². The Morgan fingerprint density at radius 1 is 1.19 bits per heavy atom. The van der Waals surface area contributed by atoms with Gasteiger partial charge in [-0.15, -0.1) is 22.7 Å². The molecule has 0 aromatic carbocycles. The number of anilines is 1. The van der Waals surface area contributed by atoms with Gasteiger partial charge in [0.25, 0.3) is 0 Å². The van der Waals surface area contributed by atoms with Crippen LogP contribution in [0.1, 0.15) is 31.3 Å². The van der Waals surface area contributed by atoms with Crippen molar-refractivity contribution in [3.8, 4) is 0 Å². The second kappa shape index (κ2) is 7.70. The molecule has 0 aliphatic heterocycles. The van der Waals surface area contributed by atoms with E-state index in [4.69, 9.17) is 9.84 Å². The molecule has 2 heterocycles. The van der Waals surface area contributed by atoms with Crippen molar-refractivity contribution in [1.82, 2.24) is 9.97 Å². The van der Waals surface area contributed by atoms with Gasteiger partial charge in [-0.05, 0) is 20.8 Å². The summed E-state index contributed by atoms with van der Waals surface area (Å²) in [6, 6.07) is 0. The van der Waals surface area contributed by atoms with Crippen molar-refractivity contribution < 1.29 is 19.4 Å². The number of thiazole rings is 2. The first kappa shape index (κ1) is 17.1. The molecule has 9 heteroatoms. The molecular weight excluding hydrogens is 314 g/mol. The molecule has 7 nitrogen and oxygen atoms in total. The molecule has 0 unspecified atom stereocenters. The van der Waals surface area contributed by atoms with Crippen molar-refractivity contribution in [2.24, 2.45) is 0 Å². The van der Waals surface area contributed by atoms with Gasteiger partial charge in [0.2, 0.25) is 0 Å². The maximum Gasteiger partial charge on any atom is 0.413 e. The number of carbonyl (C=O) groups excluding carboxylic acids is 1. The highest BCUT2D eigenvalue weighted by atomic mass is 32.1. The van der Waals surface area contributed by atoms with Crippen LogP contribution >= 0.6 is 22.7 Å². The Bertz CT molecular complexity index is 562. The summed E-state index contributed by atoms with van der Waals surface area (Å²) >= 11 is 2.69. The molecule has 114 valence electrons. The number of nitrogens with one attached hydrogen (secondary N) is 1. The van der Waals surface area contributed by atoms with E-state index in [2.05, 4.69) is 15.3 Å². The highest BCUT2D eigenvalue weighted by Gasteiger charge is 2.16. The lowest BCUT2D eigenvalue weighted by molar-refractivity contribution is 0.0633. The zero-order valence-corrected chi connectivity index (χ0v) is 13.3. The van der Waals surface area contributed by atoms with Crippen LogP contribution in [0, 0.1) is 0 Å². The largest absolute Gasteiger partial charge is 0.476 e. The molecule has 0 bridgehead atoms. The molecule has 2 rings (SSSR count). The summed E-state index contributed by atoms with van der Waals surface area (Å²) in [5, 5.41) is 14.0. The monoisotopic (exact) mass is 329 g/mol. The Hall–Kier alpha value is -2.00. The van der Waals surface area contributed by atoms with E-state index in [1.54, 1.807) is 10.9 Å². The Kier molecular flexibility index (Phi) is 6.25. The maximum atomic E-state index is 11.2. The molecule has 0 atom stereocenters. The minimum absolute atomic E-state index is 0.120. The number of ether oxygens (including phenoxy) is 1. The highest BCUT2D eigenvalue weighted by molar-refractivity contribution is 7.08. The molecule has 0 aliphatic rings. The van der Waals surface area contributed by atoms with E-state index in [1.807, 2.05) is 20.8 Å². The number of carboxylic acid groups (broad SMARTS) is 1. The first-order valence-corrected chi connectivity index (χ1v) is 7.66. The summed E-state index contributed by atoms with van der Waals surface area (Å²) in [5.41, 5.74) is 2.78. The molecular formula is C12H15N3O4S2. The van der Waals surface area contributed by atoms with Crippen LogP contribution in [-0.4, -0.2) is 32.7 Å². The average molecular weight is 329 g/mol. The number of hydrogen-bond donors (Lipinski definition) is 2. The van der Waals surface area contributed by atoms with Gasteiger partial charge in [0.1, 0.15) is 11.4 Å². The zero-order chi connectivity index (χ0) is 15.9. The van der Waals surface area contributed by atoms with Crippen LogP contribution in [0.15, 0.2) is 21.8 Å². The van der Waals surface area contributed by atoms with Gasteiger partial charge in [0.15, 0.2) is 5.69 Å². The third-order valence-electron chi connectivity index (χ3n) is 1.71. The summed E-state index contributed by atoms with van der Waals surface area (Å²) in [4.78, 5) is 28.6. The van der Waals surface area contributed by atoms with Crippen molar-refractivity contribution >= 4 is 40.6 Å². The van der Waals surface area contributed by atoms with E-state index >= 15 is 0 Å². The van der Waals surface area contributed by atoms with Crippen LogP contribution in [0.4, 0.5) is 10.6 Å². The molecule has 2 aromatic rings. The van der Waals surface area contributed by atoms with E-state index in [0.717, 1.165) is 0 Å². The van der Waals surface area contributed by atoms with Gasteiger partial charge in [0.05, 0.1) is 11.0 Å². The van der Waals surface area contributed by atoms with Gasteiger partial charge in [-0.2, -0.15) is 0 Å². The molecule has 2 N–H and O–H groups in total. The lowest BCUT2D eigenvalue weighted by Gasteiger charge is -2.18. The molecule has 0 fully saturated rings. The Labute approximate surface area is 129 Å². The molecule has 2 aromatic heterocycles. The predicted octanol–water partition coefficient (Wildman–Crippen LogP) is 3.33. The average Bonchev–Trinajstić information content (AvgIpc) is 2.98. The van der Waals surface area contributed by atoms with Crippen LogP contribution in [-0.2, 0) is 4.74 Å². The number of rotatable bonds is 2. The second-order valence-electron chi connectivity index (χ2n) is 4.68. The number of carbonyl (C=O) groups is 2. The van der Waals surface area contributed by atoms with E-state index in [0.29, 0.717) is 5.82 Å². The Morgan fingerprint density at radius 3 is 2.19 bits per heavy atom. The van der Waals surface area contributed by atoms with E-state index < -0.39 is 17.7 Å². The van der Waals surface area contributed by atoms with E-state index in [1.165, 1.54) is 33.6 Å². The van der Waals surface area contributed by atoms with Crippen molar-refractivity contribution in [3.63, 3.8) is 0 Å². The van der Waals surface area contributed by atoms with Crippen molar-refractivity contribution in [2.45, 2.75) is 26.4 Å². The second-order valence-corrected chi connectivity index (χ2v) is 6.12. The van der Waals surface area contributed by atoms with Gasteiger partial charge in [-0.1, -0.05) is 0 Å². The Morgan fingerprint density at radius 2 is 1.81 bits per heavy atom. The fraction of sp³-hybridized carbons (Fsp3) is 0.333. The molecule has 0 saturated heterocycles. The SMILES string of the molecule is CC(C)(C)OC(=O)Nc1cscn1.O=C(O)c1cscn1. The van der Waals surface area contributed by atoms with Crippen LogP contribution in [0.2, 0.25) is 0 Å². The van der Waals surface area contributed by atoms with Gasteiger partial charge in [-0.3, -0.25) is 5.32 Å². The number of hydrogen-bond acceptors (Lipinski definition) is 7. The topological polar surface area (TPSA) is 101 Å². The first-order chi connectivity index (χ1) is 9.78.